The number of para-hydroxylation sites is 1. The van der Waals surface area contributed by atoms with E-state index in [4.69, 9.17) is 9.15 Å². The van der Waals surface area contributed by atoms with Crippen molar-refractivity contribution in [2.45, 2.75) is 46.1 Å². The molecule has 3 rings (SSSR count). The molecule has 1 aromatic heterocycles. The summed E-state index contributed by atoms with van der Waals surface area (Å²) in [5.41, 5.74) is 2.56. The van der Waals surface area contributed by atoms with Crippen LogP contribution >= 0.6 is 0 Å². The lowest BCUT2D eigenvalue weighted by Crippen LogP contribution is -2.30. The maximum Gasteiger partial charge on any atom is 0.375 e. The van der Waals surface area contributed by atoms with E-state index < -0.39 is 18.0 Å². The molecule has 0 radical (unpaired) electrons. The van der Waals surface area contributed by atoms with Gasteiger partial charge < -0.3 is 14.5 Å². The Labute approximate surface area is 174 Å². The van der Waals surface area contributed by atoms with Crippen molar-refractivity contribution in [2.24, 2.45) is 0 Å². The highest BCUT2D eigenvalue weighted by Gasteiger charge is 2.22. The number of carbonyl (C=O) groups excluding carboxylic acids is 2. The molecular weight excluding hydrogens is 382 g/mol. The van der Waals surface area contributed by atoms with Crippen LogP contribution in [-0.2, 0) is 9.53 Å². The summed E-state index contributed by atoms with van der Waals surface area (Å²) >= 11 is 0. The number of aryl methyl sites for hydroxylation is 1. The van der Waals surface area contributed by atoms with Gasteiger partial charge in [0, 0.05) is 11.8 Å². The van der Waals surface area contributed by atoms with Gasteiger partial charge in [-0.25, -0.2) is 4.79 Å². The molecule has 1 amide bonds. The van der Waals surface area contributed by atoms with E-state index in [1.165, 1.54) is 6.92 Å². The third kappa shape index (κ3) is 4.59. The van der Waals surface area contributed by atoms with E-state index in [0.29, 0.717) is 16.7 Å². The Morgan fingerprint density at radius 3 is 2.57 bits per heavy atom. The van der Waals surface area contributed by atoms with E-state index in [1.807, 2.05) is 31.2 Å². The predicted molar refractivity (Wildman–Crippen MR) is 116 cm³/mol. The lowest BCUT2D eigenvalue weighted by Gasteiger charge is -2.18. The van der Waals surface area contributed by atoms with Crippen molar-refractivity contribution in [1.29, 1.82) is 0 Å². The Balaban J connectivity index is 1.75. The molecule has 2 aromatic carbocycles. The monoisotopic (exact) mass is 407 g/mol. The zero-order valence-electron chi connectivity index (χ0n) is 17.5. The topological polar surface area (TPSA) is 85.6 Å². The van der Waals surface area contributed by atoms with Gasteiger partial charge >= 0.3 is 5.97 Å². The Kier molecular flexibility index (Phi) is 6.35. The number of carbonyl (C=O) groups is 2. The normalized spacial score (nSPS) is 12.9. The summed E-state index contributed by atoms with van der Waals surface area (Å²) in [6, 6.07) is 13.7. The minimum Gasteiger partial charge on any atom is -0.449 e. The summed E-state index contributed by atoms with van der Waals surface area (Å²) in [7, 11) is 0. The number of hydrogen-bond donors (Lipinski definition) is 1. The first-order chi connectivity index (χ1) is 14.3. The first kappa shape index (κ1) is 21.3. The molecule has 0 saturated carbocycles. The number of anilines is 1. The molecule has 0 aliphatic carbocycles. The highest BCUT2D eigenvalue weighted by molar-refractivity contribution is 5.97. The van der Waals surface area contributed by atoms with Gasteiger partial charge in [-0.05, 0) is 49.9 Å². The van der Waals surface area contributed by atoms with Gasteiger partial charge in [-0.3, -0.25) is 9.59 Å². The summed E-state index contributed by atoms with van der Waals surface area (Å²) in [5, 5.41) is 3.21. The first-order valence-electron chi connectivity index (χ1n) is 9.95. The minimum atomic E-state index is -1.07. The van der Waals surface area contributed by atoms with Gasteiger partial charge in [0.05, 0.1) is 5.39 Å². The molecule has 0 spiro atoms. The maximum absolute atomic E-state index is 12.6. The fraction of sp³-hybridized carbons (Fsp3) is 0.292. The van der Waals surface area contributed by atoms with Crippen LogP contribution in [0, 0.1) is 6.92 Å². The zero-order valence-corrected chi connectivity index (χ0v) is 17.5. The van der Waals surface area contributed by atoms with Crippen molar-refractivity contribution in [1.82, 2.24) is 0 Å². The highest BCUT2D eigenvalue weighted by Crippen LogP contribution is 2.26. The molecule has 0 unspecified atom stereocenters. The average molecular weight is 407 g/mol. The molecule has 156 valence electrons. The van der Waals surface area contributed by atoms with Crippen LogP contribution in [0.3, 0.4) is 0 Å². The number of nitrogens with one attached hydrogen (secondary N) is 1. The van der Waals surface area contributed by atoms with Crippen molar-refractivity contribution in [3.63, 3.8) is 0 Å². The fourth-order valence-corrected chi connectivity index (χ4v) is 3.14. The molecule has 1 N–H and O–H groups in total. The van der Waals surface area contributed by atoms with E-state index in [-0.39, 0.29) is 17.1 Å². The molecule has 0 bridgehead atoms. The summed E-state index contributed by atoms with van der Waals surface area (Å²) in [4.78, 5) is 37.3. The van der Waals surface area contributed by atoms with Crippen molar-refractivity contribution < 1.29 is 18.7 Å². The van der Waals surface area contributed by atoms with Gasteiger partial charge in [0.1, 0.15) is 5.58 Å². The van der Waals surface area contributed by atoms with Crippen LogP contribution in [0.15, 0.2) is 57.7 Å². The second-order valence-electron chi connectivity index (χ2n) is 7.41. The fourth-order valence-electron chi connectivity index (χ4n) is 3.14. The van der Waals surface area contributed by atoms with Crippen LogP contribution in [0.25, 0.3) is 11.0 Å². The lowest BCUT2D eigenvalue weighted by atomic mass is 9.97. The Morgan fingerprint density at radius 2 is 1.83 bits per heavy atom. The predicted octanol–water partition coefficient (Wildman–Crippen LogP) is 4.80. The molecule has 3 aromatic rings. The molecule has 30 heavy (non-hydrogen) atoms. The number of rotatable bonds is 6. The van der Waals surface area contributed by atoms with Crippen molar-refractivity contribution >= 4 is 28.5 Å². The summed E-state index contributed by atoms with van der Waals surface area (Å²) in [6.45, 7) is 7.49. The van der Waals surface area contributed by atoms with E-state index in [1.54, 1.807) is 18.2 Å². The largest absolute Gasteiger partial charge is 0.449 e. The molecule has 6 heteroatoms. The van der Waals surface area contributed by atoms with E-state index in [9.17, 15) is 14.4 Å². The van der Waals surface area contributed by atoms with Gasteiger partial charge in [-0.1, -0.05) is 43.7 Å². The molecule has 0 aliphatic heterocycles. The maximum atomic E-state index is 12.6. The Morgan fingerprint density at radius 1 is 1.10 bits per heavy atom. The van der Waals surface area contributed by atoms with Gasteiger partial charge in [-0.2, -0.15) is 0 Å². The van der Waals surface area contributed by atoms with Gasteiger partial charge in [-0.15, -0.1) is 0 Å². The van der Waals surface area contributed by atoms with Crippen LogP contribution in [0.2, 0.25) is 0 Å². The highest BCUT2D eigenvalue weighted by atomic mass is 16.6. The molecule has 1 heterocycles. The van der Waals surface area contributed by atoms with Crippen LogP contribution < -0.4 is 10.7 Å². The molecule has 0 aliphatic rings. The van der Waals surface area contributed by atoms with Gasteiger partial charge in [0.15, 0.2) is 11.5 Å². The van der Waals surface area contributed by atoms with Crippen molar-refractivity contribution in [2.75, 3.05) is 5.32 Å². The van der Waals surface area contributed by atoms with Crippen LogP contribution in [0.1, 0.15) is 54.8 Å². The standard InChI is InChI=1S/C24H25NO5/c1-5-15(3)17-8-6-7-9-19(17)25-23(27)16(4)29-24(28)22-13-20(26)18-12-14(2)10-11-21(18)30-22/h6-13,15-16H,5H2,1-4H3,(H,25,27)/t15-,16+/m0/s1. The number of benzene rings is 2. The van der Waals surface area contributed by atoms with E-state index in [0.717, 1.165) is 23.6 Å². The van der Waals surface area contributed by atoms with Crippen molar-refractivity contribution in [3.8, 4) is 0 Å². The van der Waals surface area contributed by atoms with Gasteiger partial charge in [0.25, 0.3) is 5.91 Å². The number of amides is 1. The molecule has 2 atom stereocenters. The lowest BCUT2D eigenvalue weighted by molar-refractivity contribution is -0.123. The third-order valence-corrected chi connectivity index (χ3v) is 5.10. The summed E-state index contributed by atoms with van der Waals surface area (Å²) in [5.74, 6) is -1.30. The average Bonchev–Trinajstić information content (AvgIpc) is 2.73. The smallest absolute Gasteiger partial charge is 0.375 e. The van der Waals surface area contributed by atoms with Crippen LogP contribution in [0.4, 0.5) is 5.69 Å². The van der Waals surface area contributed by atoms with Crippen molar-refractivity contribution in [3.05, 3.63) is 75.6 Å². The second kappa shape index (κ2) is 8.95. The number of ether oxygens (including phenoxy) is 1. The Bertz CT molecular complexity index is 1150. The minimum absolute atomic E-state index is 0.240. The van der Waals surface area contributed by atoms with E-state index in [2.05, 4.69) is 19.2 Å². The molecule has 0 saturated heterocycles. The first-order valence-corrected chi connectivity index (χ1v) is 9.95. The number of hydrogen-bond acceptors (Lipinski definition) is 5. The molecule has 0 fully saturated rings. The van der Waals surface area contributed by atoms with Crippen LogP contribution in [0.5, 0.6) is 0 Å². The zero-order chi connectivity index (χ0) is 21.8. The third-order valence-electron chi connectivity index (χ3n) is 5.10. The molecule has 6 nitrogen and oxygen atoms in total. The Hall–Kier alpha value is -3.41. The SMILES string of the molecule is CC[C@H](C)c1ccccc1NC(=O)[C@@H](C)OC(=O)c1cc(=O)c2cc(C)ccc2o1. The summed E-state index contributed by atoms with van der Waals surface area (Å²) in [6.07, 6.45) is -0.140. The van der Waals surface area contributed by atoms with E-state index >= 15 is 0 Å². The summed E-state index contributed by atoms with van der Waals surface area (Å²) < 4.78 is 10.8. The second-order valence-corrected chi connectivity index (χ2v) is 7.41. The molecular formula is C24H25NO5. The number of fused-ring (bicyclic) bond motifs is 1. The van der Waals surface area contributed by atoms with Crippen LogP contribution in [-0.4, -0.2) is 18.0 Å². The van der Waals surface area contributed by atoms with Gasteiger partial charge in [0.2, 0.25) is 5.76 Å². The quantitative estimate of drug-likeness (QED) is 0.593. The number of esters is 1.